The molecule has 1 amide bonds. The zero-order chi connectivity index (χ0) is 9.97. The Morgan fingerprint density at radius 3 is 3.00 bits per heavy atom. The topological polar surface area (TPSA) is 58.6 Å². The second-order valence-corrected chi connectivity index (χ2v) is 4.22. The van der Waals surface area contributed by atoms with E-state index < -0.39 is 0 Å². The number of amides is 1. The van der Waals surface area contributed by atoms with Gasteiger partial charge in [0.25, 0.3) is 0 Å². The second-order valence-electron chi connectivity index (χ2n) is 4.22. The zero-order valence-corrected chi connectivity index (χ0v) is 8.24. The number of ether oxygens (including phenoxy) is 1. The van der Waals surface area contributed by atoms with Crippen LogP contribution in [0.5, 0.6) is 0 Å². The van der Waals surface area contributed by atoms with Gasteiger partial charge < -0.3 is 15.2 Å². The maximum Gasteiger partial charge on any atom is 0.220 e. The van der Waals surface area contributed by atoms with Gasteiger partial charge in [0.05, 0.1) is 19.3 Å². The molecule has 14 heavy (non-hydrogen) atoms. The van der Waals surface area contributed by atoms with Gasteiger partial charge in [0.2, 0.25) is 5.91 Å². The lowest BCUT2D eigenvalue weighted by molar-refractivity contribution is -0.124. The van der Waals surface area contributed by atoms with Gasteiger partial charge in [-0.05, 0) is 24.7 Å². The fourth-order valence-corrected chi connectivity index (χ4v) is 2.57. The number of carbonyl (C=O) groups is 1. The minimum Gasteiger partial charge on any atom is -0.394 e. The molecule has 0 aromatic heterocycles. The van der Waals surface area contributed by atoms with E-state index in [2.05, 4.69) is 5.32 Å². The summed E-state index contributed by atoms with van der Waals surface area (Å²) in [5.74, 6) is 1.28. The molecule has 3 atom stereocenters. The first-order chi connectivity index (χ1) is 6.79. The molecular formula is C10H17NO3. The first kappa shape index (κ1) is 9.93. The number of aliphatic hydroxyl groups is 1. The number of carbonyl (C=O) groups excluding carboxylic acids is 1. The van der Waals surface area contributed by atoms with Crippen molar-refractivity contribution in [1.82, 2.24) is 5.32 Å². The van der Waals surface area contributed by atoms with Gasteiger partial charge in [-0.3, -0.25) is 4.79 Å². The minimum absolute atomic E-state index is 0.0863. The van der Waals surface area contributed by atoms with Gasteiger partial charge in [0, 0.05) is 13.0 Å². The highest BCUT2D eigenvalue weighted by Gasteiger charge is 2.38. The average Bonchev–Trinajstić information content (AvgIpc) is 2.56. The predicted octanol–water partition coefficient (Wildman–Crippen LogP) is -0.0900. The van der Waals surface area contributed by atoms with Gasteiger partial charge in [-0.2, -0.15) is 0 Å². The molecule has 0 bridgehead atoms. The predicted molar refractivity (Wildman–Crippen MR) is 50.7 cm³/mol. The molecule has 1 aliphatic heterocycles. The van der Waals surface area contributed by atoms with Crippen LogP contribution in [0.15, 0.2) is 0 Å². The average molecular weight is 199 g/mol. The van der Waals surface area contributed by atoms with E-state index in [4.69, 9.17) is 9.84 Å². The molecule has 2 rings (SSSR count). The lowest BCUT2D eigenvalue weighted by Gasteiger charge is -2.24. The molecule has 0 radical (unpaired) electrons. The largest absolute Gasteiger partial charge is 0.394 e. The van der Waals surface area contributed by atoms with Crippen molar-refractivity contribution in [2.24, 2.45) is 11.8 Å². The van der Waals surface area contributed by atoms with Crippen molar-refractivity contribution in [1.29, 1.82) is 0 Å². The molecule has 1 heterocycles. The van der Waals surface area contributed by atoms with Crippen molar-refractivity contribution in [3.05, 3.63) is 0 Å². The highest BCUT2D eigenvalue weighted by atomic mass is 16.5. The molecule has 1 saturated heterocycles. The first-order valence-electron chi connectivity index (χ1n) is 5.28. The zero-order valence-electron chi connectivity index (χ0n) is 8.24. The third-order valence-corrected chi connectivity index (χ3v) is 3.25. The SMILES string of the molecule is O=C1CC2CC(OCCO)CC2CN1. The molecule has 0 spiro atoms. The number of fused-ring (bicyclic) bond motifs is 1. The van der Waals surface area contributed by atoms with Gasteiger partial charge in [-0.25, -0.2) is 0 Å². The van der Waals surface area contributed by atoms with Crippen molar-refractivity contribution in [3.63, 3.8) is 0 Å². The molecule has 1 saturated carbocycles. The van der Waals surface area contributed by atoms with E-state index in [1.165, 1.54) is 0 Å². The Bertz CT molecular complexity index is 219. The van der Waals surface area contributed by atoms with Crippen LogP contribution in [-0.4, -0.2) is 36.9 Å². The second kappa shape index (κ2) is 4.28. The summed E-state index contributed by atoms with van der Waals surface area (Å²) < 4.78 is 5.49. The molecule has 4 nitrogen and oxygen atoms in total. The Kier molecular flexibility index (Phi) is 3.03. The molecule has 0 aromatic carbocycles. The summed E-state index contributed by atoms with van der Waals surface area (Å²) >= 11 is 0. The van der Waals surface area contributed by atoms with E-state index in [0.29, 0.717) is 24.9 Å². The van der Waals surface area contributed by atoms with Gasteiger partial charge in [0.1, 0.15) is 0 Å². The minimum atomic E-state index is 0.0863. The third-order valence-electron chi connectivity index (χ3n) is 3.25. The fourth-order valence-electron chi connectivity index (χ4n) is 2.57. The van der Waals surface area contributed by atoms with Crippen molar-refractivity contribution in [2.45, 2.75) is 25.4 Å². The summed E-state index contributed by atoms with van der Waals surface area (Å²) in [5, 5.41) is 11.5. The van der Waals surface area contributed by atoms with Crippen LogP contribution in [0, 0.1) is 11.8 Å². The normalized spacial score (nSPS) is 36.6. The maximum atomic E-state index is 11.1. The van der Waals surface area contributed by atoms with Crippen LogP contribution >= 0.6 is 0 Å². The molecule has 3 unspecified atom stereocenters. The Hall–Kier alpha value is -0.610. The Morgan fingerprint density at radius 1 is 1.43 bits per heavy atom. The fraction of sp³-hybridized carbons (Fsp3) is 0.900. The highest BCUT2D eigenvalue weighted by Crippen LogP contribution is 2.37. The van der Waals surface area contributed by atoms with Crippen LogP contribution in [0.3, 0.4) is 0 Å². The number of piperidine rings is 1. The van der Waals surface area contributed by atoms with Crippen LogP contribution < -0.4 is 5.32 Å². The first-order valence-corrected chi connectivity index (χ1v) is 5.28. The number of hydrogen-bond acceptors (Lipinski definition) is 3. The summed E-state index contributed by atoms with van der Waals surface area (Å²) in [5.41, 5.74) is 0. The third kappa shape index (κ3) is 2.07. The van der Waals surface area contributed by atoms with E-state index in [1.54, 1.807) is 0 Å². The van der Waals surface area contributed by atoms with Crippen molar-refractivity contribution < 1.29 is 14.6 Å². The molecule has 2 N–H and O–H groups in total. The van der Waals surface area contributed by atoms with Gasteiger partial charge in [-0.1, -0.05) is 0 Å². The summed E-state index contributed by atoms with van der Waals surface area (Å²) in [6.07, 6.45) is 2.93. The number of aliphatic hydroxyl groups excluding tert-OH is 1. The van der Waals surface area contributed by atoms with E-state index in [9.17, 15) is 4.79 Å². The van der Waals surface area contributed by atoms with Crippen molar-refractivity contribution in [3.8, 4) is 0 Å². The Balaban J connectivity index is 1.83. The molecule has 1 aliphatic carbocycles. The van der Waals surface area contributed by atoms with Crippen LogP contribution in [0.25, 0.3) is 0 Å². The van der Waals surface area contributed by atoms with Crippen molar-refractivity contribution in [2.75, 3.05) is 19.8 Å². The summed E-state index contributed by atoms with van der Waals surface area (Å²) in [7, 11) is 0. The van der Waals surface area contributed by atoms with Crippen LogP contribution in [0.2, 0.25) is 0 Å². The quantitative estimate of drug-likeness (QED) is 0.668. The smallest absolute Gasteiger partial charge is 0.220 e. The summed E-state index contributed by atoms with van der Waals surface area (Å²) in [6.45, 7) is 1.32. The molecule has 4 heteroatoms. The van der Waals surface area contributed by atoms with Crippen molar-refractivity contribution >= 4 is 5.91 Å². The van der Waals surface area contributed by atoms with Crippen LogP contribution in [0.4, 0.5) is 0 Å². The van der Waals surface area contributed by atoms with E-state index in [1.807, 2.05) is 0 Å². The Labute approximate surface area is 83.6 Å². The van der Waals surface area contributed by atoms with Gasteiger partial charge in [-0.15, -0.1) is 0 Å². The summed E-state index contributed by atoms with van der Waals surface area (Å²) in [4.78, 5) is 11.1. The Morgan fingerprint density at radius 2 is 2.21 bits per heavy atom. The van der Waals surface area contributed by atoms with E-state index in [0.717, 1.165) is 19.4 Å². The molecular weight excluding hydrogens is 182 g/mol. The number of rotatable bonds is 3. The molecule has 2 aliphatic rings. The van der Waals surface area contributed by atoms with Gasteiger partial charge >= 0.3 is 0 Å². The maximum absolute atomic E-state index is 11.1. The molecule has 80 valence electrons. The molecule has 2 fully saturated rings. The lowest BCUT2D eigenvalue weighted by atomic mass is 9.89. The van der Waals surface area contributed by atoms with E-state index in [-0.39, 0.29) is 18.6 Å². The monoisotopic (exact) mass is 199 g/mol. The van der Waals surface area contributed by atoms with Gasteiger partial charge in [0.15, 0.2) is 0 Å². The van der Waals surface area contributed by atoms with Crippen LogP contribution in [0.1, 0.15) is 19.3 Å². The number of hydrogen-bond donors (Lipinski definition) is 2. The standard InChI is InChI=1S/C10H17NO3/c12-1-2-14-9-3-7-5-10(13)11-6-8(7)4-9/h7-9,12H,1-6H2,(H,11,13). The van der Waals surface area contributed by atoms with E-state index >= 15 is 0 Å². The molecule has 0 aromatic rings. The van der Waals surface area contributed by atoms with Crippen LogP contribution in [-0.2, 0) is 9.53 Å². The summed E-state index contributed by atoms with van der Waals surface area (Å²) in [6, 6.07) is 0. The number of nitrogens with one attached hydrogen (secondary N) is 1. The highest BCUT2D eigenvalue weighted by molar-refractivity contribution is 5.77. The lowest BCUT2D eigenvalue weighted by Crippen LogP contribution is -2.38.